The Morgan fingerprint density at radius 2 is 2.00 bits per heavy atom. The third-order valence-electron chi connectivity index (χ3n) is 4.41. The lowest BCUT2D eigenvalue weighted by Crippen LogP contribution is -1.97. The zero-order valence-electron chi connectivity index (χ0n) is 11.0. The van der Waals surface area contributed by atoms with E-state index in [9.17, 15) is 0 Å². The van der Waals surface area contributed by atoms with Crippen molar-refractivity contribution in [3.63, 3.8) is 0 Å². The zero-order chi connectivity index (χ0) is 12.8. The van der Waals surface area contributed by atoms with Gasteiger partial charge in [-0.3, -0.25) is 4.98 Å². The number of nitrogens with two attached hydrogens (primary N) is 1. The smallest absolute Gasteiger partial charge is 0.0440 e. The zero-order valence-corrected chi connectivity index (χ0v) is 11.0. The van der Waals surface area contributed by atoms with Crippen LogP contribution in [0.15, 0.2) is 30.5 Å². The Balaban J connectivity index is 1.81. The Kier molecular flexibility index (Phi) is 2.37. The maximum absolute atomic E-state index is 6.39. The maximum Gasteiger partial charge on any atom is 0.0440 e. The number of benzene rings is 1. The summed E-state index contributed by atoms with van der Waals surface area (Å²) in [5.74, 6) is 0.690. The molecule has 19 heavy (non-hydrogen) atoms. The van der Waals surface area contributed by atoms with Crippen molar-refractivity contribution < 1.29 is 0 Å². The lowest BCUT2D eigenvalue weighted by atomic mass is 9.97. The van der Waals surface area contributed by atoms with Crippen molar-refractivity contribution in [1.82, 2.24) is 4.98 Å². The first-order valence-corrected chi connectivity index (χ1v) is 7.19. The third kappa shape index (κ3) is 1.83. The highest BCUT2D eigenvalue weighted by Crippen LogP contribution is 2.41. The topological polar surface area (TPSA) is 38.9 Å². The molecule has 0 spiro atoms. The molecule has 1 fully saturated rings. The molecular formula is C17H18N2. The molecule has 2 heteroatoms. The van der Waals surface area contributed by atoms with Crippen LogP contribution in [-0.4, -0.2) is 4.98 Å². The Morgan fingerprint density at radius 3 is 2.84 bits per heavy atom. The monoisotopic (exact) mass is 250 g/mol. The largest absolute Gasteiger partial charge is 0.398 e. The van der Waals surface area contributed by atoms with Crippen molar-refractivity contribution in [1.29, 1.82) is 0 Å². The van der Waals surface area contributed by atoms with Crippen LogP contribution in [0.25, 0.3) is 11.1 Å². The summed E-state index contributed by atoms with van der Waals surface area (Å²) in [6, 6.07) is 8.75. The predicted molar refractivity (Wildman–Crippen MR) is 78.1 cm³/mol. The Bertz CT molecular complexity index is 642. The van der Waals surface area contributed by atoms with Crippen LogP contribution in [0.1, 0.15) is 42.0 Å². The fraction of sp³-hybridized carbons (Fsp3) is 0.353. The summed E-state index contributed by atoms with van der Waals surface area (Å²) in [5, 5.41) is 0. The Labute approximate surface area is 113 Å². The van der Waals surface area contributed by atoms with Crippen LogP contribution in [0.5, 0.6) is 0 Å². The lowest BCUT2D eigenvalue weighted by Gasteiger charge is -2.11. The summed E-state index contributed by atoms with van der Waals surface area (Å²) < 4.78 is 0. The normalized spacial score (nSPS) is 17.5. The van der Waals surface area contributed by atoms with Gasteiger partial charge in [0.05, 0.1) is 0 Å². The van der Waals surface area contributed by atoms with E-state index in [1.165, 1.54) is 53.6 Å². The summed E-state index contributed by atoms with van der Waals surface area (Å²) in [6.07, 6.45) is 8.06. The summed E-state index contributed by atoms with van der Waals surface area (Å²) in [6.45, 7) is 0. The van der Waals surface area contributed by atoms with Gasteiger partial charge in [0.25, 0.3) is 0 Å². The summed E-state index contributed by atoms with van der Waals surface area (Å²) >= 11 is 0. The fourth-order valence-electron chi connectivity index (χ4n) is 3.16. The number of aryl methyl sites for hydroxylation is 1. The highest BCUT2D eigenvalue weighted by molar-refractivity contribution is 5.80. The average Bonchev–Trinajstić information content (AvgIpc) is 3.18. The number of fused-ring (bicyclic) bond motifs is 1. The third-order valence-corrected chi connectivity index (χ3v) is 4.41. The Morgan fingerprint density at radius 1 is 1.11 bits per heavy atom. The lowest BCUT2D eigenvalue weighted by molar-refractivity contribution is 0.912. The van der Waals surface area contributed by atoms with E-state index < -0.39 is 0 Å². The van der Waals surface area contributed by atoms with E-state index in [2.05, 4.69) is 29.2 Å². The van der Waals surface area contributed by atoms with Crippen LogP contribution in [0.4, 0.5) is 5.69 Å². The molecule has 0 amide bonds. The summed E-state index contributed by atoms with van der Waals surface area (Å²) in [7, 11) is 0. The first kappa shape index (κ1) is 11.0. The van der Waals surface area contributed by atoms with E-state index >= 15 is 0 Å². The molecule has 1 heterocycles. The van der Waals surface area contributed by atoms with Gasteiger partial charge < -0.3 is 5.73 Å². The molecule has 1 saturated carbocycles. The van der Waals surface area contributed by atoms with Crippen molar-refractivity contribution >= 4 is 5.69 Å². The van der Waals surface area contributed by atoms with Crippen molar-refractivity contribution in [2.24, 2.45) is 0 Å². The molecule has 2 N–H and O–H groups in total. The molecule has 0 radical (unpaired) electrons. The SMILES string of the molecule is Nc1c(-c2ccnc(C3CC3)c2)ccc2c1CCC2. The van der Waals surface area contributed by atoms with Gasteiger partial charge in [-0.2, -0.15) is 0 Å². The van der Waals surface area contributed by atoms with E-state index in [1.54, 1.807) is 0 Å². The second-order valence-electron chi connectivity index (χ2n) is 5.76. The van der Waals surface area contributed by atoms with Gasteiger partial charge in [-0.15, -0.1) is 0 Å². The molecule has 96 valence electrons. The van der Waals surface area contributed by atoms with Gasteiger partial charge in [-0.05, 0) is 60.9 Å². The average molecular weight is 250 g/mol. The number of aromatic nitrogens is 1. The van der Waals surface area contributed by atoms with Crippen LogP contribution < -0.4 is 5.73 Å². The molecule has 2 aromatic rings. The number of rotatable bonds is 2. The van der Waals surface area contributed by atoms with Gasteiger partial charge in [-0.1, -0.05) is 12.1 Å². The molecule has 0 unspecified atom stereocenters. The van der Waals surface area contributed by atoms with Crippen LogP contribution in [0.2, 0.25) is 0 Å². The molecule has 0 atom stereocenters. The van der Waals surface area contributed by atoms with Crippen LogP contribution in [0.3, 0.4) is 0 Å². The van der Waals surface area contributed by atoms with Gasteiger partial charge in [0.1, 0.15) is 0 Å². The fourth-order valence-corrected chi connectivity index (χ4v) is 3.16. The Hall–Kier alpha value is -1.83. The van der Waals surface area contributed by atoms with Crippen molar-refractivity contribution in [3.05, 3.63) is 47.3 Å². The molecule has 4 rings (SSSR count). The van der Waals surface area contributed by atoms with Gasteiger partial charge in [0.15, 0.2) is 0 Å². The van der Waals surface area contributed by atoms with Gasteiger partial charge in [-0.25, -0.2) is 0 Å². The molecule has 1 aromatic carbocycles. The quantitative estimate of drug-likeness (QED) is 0.825. The standard InChI is InChI=1S/C17H18N2/c18-17-14-3-1-2-11(14)6-7-15(17)13-8-9-19-16(10-13)12-4-5-12/h6-10,12H,1-5,18H2. The first-order chi connectivity index (χ1) is 9.33. The molecular weight excluding hydrogens is 232 g/mol. The highest BCUT2D eigenvalue weighted by atomic mass is 14.7. The van der Waals surface area contributed by atoms with E-state index in [-0.39, 0.29) is 0 Å². The minimum Gasteiger partial charge on any atom is -0.398 e. The second kappa shape index (κ2) is 4.09. The number of hydrogen-bond donors (Lipinski definition) is 1. The number of nitrogens with zero attached hydrogens (tertiary/aromatic N) is 1. The van der Waals surface area contributed by atoms with Crippen LogP contribution in [-0.2, 0) is 12.8 Å². The van der Waals surface area contributed by atoms with Crippen molar-refractivity contribution in [2.75, 3.05) is 5.73 Å². The first-order valence-electron chi connectivity index (χ1n) is 7.19. The van der Waals surface area contributed by atoms with Crippen LogP contribution in [0, 0.1) is 0 Å². The maximum atomic E-state index is 6.39. The molecule has 0 saturated heterocycles. The minimum absolute atomic E-state index is 0.690. The van der Waals surface area contributed by atoms with Gasteiger partial charge in [0.2, 0.25) is 0 Å². The molecule has 2 nitrogen and oxygen atoms in total. The molecule has 0 aliphatic heterocycles. The summed E-state index contributed by atoms with van der Waals surface area (Å²) in [5.41, 5.74) is 13.8. The minimum atomic E-state index is 0.690. The predicted octanol–water partition coefficient (Wildman–Crippen LogP) is 3.70. The number of anilines is 1. The van der Waals surface area contributed by atoms with Crippen LogP contribution >= 0.6 is 0 Å². The van der Waals surface area contributed by atoms with Gasteiger partial charge >= 0.3 is 0 Å². The molecule has 2 aliphatic carbocycles. The highest BCUT2D eigenvalue weighted by Gasteiger charge is 2.25. The molecule has 1 aromatic heterocycles. The molecule has 2 aliphatic rings. The second-order valence-corrected chi connectivity index (χ2v) is 5.76. The van der Waals surface area contributed by atoms with E-state index in [1.807, 2.05) is 6.20 Å². The van der Waals surface area contributed by atoms with E-state index in [0.29, 0.717) is 5.92 Å². The number of nitrogen functional groups attached to an aromatic ring is 1. The van der Waals surface area contributed by atoms with E-state index in [4.69, 9.17) is 5.73 Å². The number of hydrogen-bond acceptors (Lipinski definition) is 2. The number of pyridine rings is 1. The summed E-state index contributed by atoms with van der Waals surface area (Å²) in [4.78, 5) is 4.49. The van der Waals surface area contributed by atoms with Gasteiger partial charge in [0, 0.05) is 29.1 Å². The van der Waals surface area contributed by atoms with Crippen molar-refractivity contribution in [2.45, 2.75) is 38.0 Å². The molecule has 0 bridgehead atoms. The van der Waals surface area contributed by atoms with Crippen molar-refractivity contribution in [3.8, 4) is 11.1 Å². The van der Waals surface area contributed by atoms with E-state index in [0.717, 1.165) is 12.1 Å².